The monoisotopic (exact) mass is 393 g/mol. The van der Waals surface area contributed by atoms with Crippen molar-refractivity contribution in [1.82, 2.24) is 5.32 Å². The van der Waals surface area contributed by atoms with Gasteiger partial charge in [0.05, 0.1) is 12.1 Å². The Bertz CT molecular complexity index is 833. The Labute approximate surface area is 161 Å². The summed E-state index contributed by atoms with van der Waals surface area (Å²) in [6, 6.07) is 15.2. The molecule has 1 aliphatic rings. The molecule has 1 unspecified atom stereocenters. The SMILES string of the molecule is CN(C)c1ccc(CNCc2ccc(C3=NOC(O)(C(F)(F)F)C3)cc2)cc1. The van der Waals surface area contributed by atoms with E-state index in [0.717, 1.165) is 16.8 Å². The highest BCUT2D eigenvalue weighted by Gasteiger charge is 2.60. The second-order valence-corrected chi connectivity index (χ2v) is 6.95. The van der Waals surface area contributed by atoms with Gasteiger partial charge in [-0.3, -0.25) is 0 Å². The summed E-state index contributed by atoms with van der Waals surface area (Å²) in [4.78, 5) is 6.28. The van der Waals surface area contributed by atoms with E-state index in [9.17, 15) is 18.3 Å². The predicted octanol–water partition coefficient (Wildman–Crippen LogP) is 3.42. The average molecular weight is 393 g/mol. The fraction of sp³-hybridized carbons (Fsp3) is 0.350. The smallest absolute Gasteiger partial charge is 0.378 e. The molecule has 8 heteroatoms. The molecular weight excluding hydrogens is 371 g/mol. The fourth-order valence-corrected chi connectivity index (χ4v) is 2.81. The number of halogens is 3. The van der Waals surface area contributed by atoms with E-state index >= 15 is 0 Å². The number of hydrogen-bond donors (Lipinski definition) is 2. The Morgan fingerprint density at radius 2 is 1.57 bits per heavy atom. The lowest BCUT2D eigenvalue weighted by Gasteiger charge is -2.22. The maximum atomic E-state index is 12.8. The zero-order valence-electron chi connectivity index (χ0n) is 15.6. The van der Waals surface area contributed by atoms with Crippen LogP contribution in [0.1, 0.15) is 23.1 Å². The molecule has 0 aromatic heterocycles. The van der Waals surface area contributed by atoms with Crippen LogP contribution in [-0.2, 0) is 17.9 Å². The summed E-state index contributed by atoms with van der Waals surface area (Å²) in [5.74, 6) is -3.25. The highest BCUT2D eigenvalue weighted by molar-refractivity contribution is 6.01. The number of nitrogens with zero attached hydrogens (tertiary/aromatic N) is 2. The topological polar surface area (TPSA) is 57.1 Å². The van der Waals surface area contributed by atoms with Crippen LogP contribution >= 0.6 is 0 Å². The standard InChI is InChI=1S/C20H22F3N3O2/c1-26(2)17-9-5-15(6-10-17)13-24-12-14-3-7-16(8-4-14)18-11-19(27,28-25-18)20(21,22)23/h3-10,24,27H,11-13H2,1-2H3. The Hall–Kier alpha value is -2.58. The Morgan fingerprint density at radius 3 is 2.04 bits per heavy atom. The van der Waals surface area contributed by atoms with Gasteiger partial charge in [-0.2, -0.15) is 13.2 Å². The Morgan fingerprint density at radius 1 is 1.04 bits per heavy atom. The van der Waals surface area contributed by atoms with Crippen LogP contribution in [-0.4, -0.2) is 36.9 Å². The number of oxime groups is 1. The third-order valence-electron chi connectivity index (χ3n) is 4.56. The van der Waals surface area contributed by atoms with Crippen molar-refractivity contribution in [1.29, 1.82) is 0 Å². The number of aliphatic hydroxyl groups is 1. The second-order valence-electron chi connectivity index (χ2n) is 6.95. The molecule has 28 heavy (non-hydrogen) atoms. The minimum Gasteiger partial charge on any atom is -0.378 e. The van der Waals surface area contributed by atoms with E-state index in [1.54, 1.807) is 12.1 Å². The van der Waals surface area contributed by atoms with E-state index in [-0.39, 0.29) is 5.71 Å². The van der Waals surface area contributed by atoms with Crippen molar-refractivity contribution < 1.29 is 23.1 Å². The number of nitrogens with one attached hydrogen (secondary N) is 1. The normalized spacial score (nSPS) is 19.3. The summed E-state index contributed by atoms with van der Waals surface area (Å²) in [6.07, 6.45) is -5.62. The zero-order valence-corrected chi connectivity index (χ0v) is 15.6. The molecule has 1 heterocycles. The molecule has 0 aliphatic carbocycles. The van der Waals surface area contributed by atoms with Crippen molar-refractivity contribution >= 4 is 11.4 Å². The van der Waals surface area contributed by atoms with E-state index in [1.165, 1.54) is 0 Å². The number of rotatable bonds is 6. The largest absolute Gasteiger partial charge is 0.458 e. The van der Waals surface area contributed by atoms with Crippen LogP contribution < -0.4 is 10.2 Å². The van der Waals surface area contributed by atoms with Gasteiger partial charge in [0.2, 0.25) is 0 Å². The van der Waals surface area contributed by atoms with Crippen LogP contribution in [0.25, 0.3) is 0 Å². The molecule has 1 aliphatic heterocycles. The molecular formula is C20H22F3N3O2. The van der Waals surface area contributed by atoms with Gasteiger partial charge >= 0.3 is 12.0 Å². The van der Waals surface area contributed by atoms with E-state index in [1.807, 2.05) is 31.1 Å². The Kier molecular flexibility index (Phi) is 5.62. The van der Waals surface area contributed by atoms with Gasteiger partial charge in [0.25, 0.3) is 0 Å². The lowest BCUT2D eigenvalue weighted by molar-refractivity contribution is -0.355. The lowest BCUT2D eigenvalue weighted by Crippen LogP contribution is -2.45. The maximum Gasteiger partial charge on any atom is 0.458 e. The molecule has 0 saturated heterocycles. The molecule has 0 radical (unpaired) electrons. The molecule has 1 atom stereocenters. The van der Waals surface area contributed by atoms with Gasteiger partial charge in [-0.15, -0.1) is 0 Å². The second kappa shape index (κ2) is 7.81. The van der Waals surface area contributed by atoms with Crippen molar-refractivity contribution in [2.45, 2.75) is 31.5 Å². The van der Waals surface area contributed by atoms with Gasteiger partial charge in [0.15, 0.2) is 0 Å². The molecule has 0 amide bonds. The highest BCUT2D eigenvalue weighted by Crippen LogP contribution is 2.38. The summed E-state index contributed by atoms with van der Waals surface area (Å²) in [7, 11) is 3.98. The van der Waals surface area contributed by atoms with Crippen LogP contribution in [0, 0.1) is 0 Å². The number of anilines is 1. The van der Waals surface area contributed by atoms with Gasteiger partial charge in [-0.1, -0.05) is 41.6 Å². The first-order valence-electron chi connectivity index (χ1n) is 8.78. The molecule has 0 saturated carbocycles. The van der Waals surface area contributed by atoms with Crippen molar-refractivity contribution in [3.05, 3.63) is 65.2 Å². The third-order valence-corrected chi connectivity index (χ3v) is 4.56. The first-order chi connectivity index (χ1) is 13.2. The Balaban J connectivity index is 1.52. The molecule has 2 aromatic carbocycles. The maximum absolute atomic E-state index is 12.8. The van der Waals surface area contributed by atoms with Gasteiger partial charge in [-0.25, -0.2) is 0 Å². The quantitative estimate of drug-likeness (QED) is 0.790. The van der Waals surface area contributed by atoms with Crippen molar-refractivity contribution in [3.8, 4) is 0 Å². The summed E-state index contributed by atoms with van der Waals surface area (Å²) < 4.78 is 38.3. The highest BCUT2D eigenvalue weighted by atomic mass is 19.4. The fourth-order valence-electron chi connectivity index (χ4n) is 2.81. The van der Waals surface area contributed by atoms with E-state index < -0.39 is 18.4 Å². The third kappa shape index (κ3) is 4.45. The van der Waals surface area contributed by atoms with Crippen LogP contribution in [0.4, 0.5) is 18.9 Å². The van der Waals surface area contributed by atoms with Crippen molar-refractivity contribution in [3.63, 3.8) is 0 Å². The minimum absolute atomic E-state index is 0.0697. The van der Waals surface area contributed by atoms with Gasteiger partial charge in [0.1, 0.15) is 0 Å². The summed E-state index contributed by atoms with van der Waals surface area (Å²) >= 11 is 0. The minimum atomic E-state index is -4.90. The number of hydrogen-bond acceptors (Lipinski definition) is 5. The molecule has 2 aromatic rings. The van der Waals surface area contributed by atoms with Crippen LogP contribution in [0.5, 0.6) is 0 Å². The van der Waals surface area contributed by atoms with Crippen molar-refractivity contribution in [2.24, 2.45) is 5.16 Å². The molecule has 5 nitrogen and oxygen atoms in total. The molecule has 3 rings (SSSR count). The molecule has 0 fully saturated rings. The number of benzene rings is 2. The zero-order chi connectivity index (χ0) is 20.4. The molecule has 150 valence electrons. The van der Waals surface area contributed by atoms with Crippen molar-refractivity contribution in [2.75, 3.05) is 19.0 Å². The average Bonchev–Trinajstić information content (AvgIpc) is 3.06. The summed E-state index contributed by atoms with van der Waals surface area (Å²) in [5, 5.41) is 16.2. The van der Waals surface area contributed by atoms with Gasteiger partial charge < -0.3 is 20.2 Å². The summed E-state index contributed by atoms with van der Waals surface area (Å²) in [6.45, 7) is 1.32. The van der Waals surface area contributed by atoms with Crippen LogP contribution in [0.2, 0.25) is 0 Å². The van der Waals surface area contributed by atoms with Crippen LogP contribution in [0.15, 0.2) is 53.7 Å². The number of alkyl halides is 3. The predicted molar refractivity (Wildman–Crippen MR) is 101 cm³/mol. The van der Waals surface area contributed by atoms with Gasteiger partial charge in [-0.05, 0) is 28.8 Å². The van der Waals surface area contributed by atoms with E-state index in [0.29, 0.717) is 18.7 Å². The lowest BCUT2D eigenvalue weighted by atomic mass is 10.0. The van der Waals surface area contributed by atoms with Gasteiger partial charge in [0, 0.05) is 32.9 Å². The first-order valence-corrected chi connectivity index (χ1v) is 8.78. The first kappa shape index (κ1) is 20.2. The molecule has 0 bridgehead atoms. The molecule has 2 N–H and O–H groups in total. The van der Waals surface area contributed by atoms with Crippen LogP contribution in [0.3, 0.4) is 0 Å². The van der Waals surface area contributed by atoms with E-state index in [4.69, 9.17) is 0 Å². The van der Waals surface area contributed by atoms with E-state index in [2.05, 4.69) is 39.6 Å². The molecule has 0 spiro atoms. The summed E-state index contributed by atoms with van der Waals surface area (Å²) in [5.41, 5.74) is 3.84.